The molecule has 1 amide bonds. The minimum Gasteiger partial charge on any atom is -0.482 e. The third-order valence-corrected chi connectivity index (χ3v) is 4.17. The lowest BCUT2D eigenvalue weighted by Gasteiger charge is -2.18. The zero-order valence-electron chi connectivity index (χ0n) is 11.0. The lowest BCUT2D eigenvalue weighted by molar-refractivity contribution is -0.118. The molecule has 0 atom stereocenters. The first-order valence-corrected chi connectivity index (χ1v) is 7.56. The number of benzene rings is 1. The van der Waals surface area contributed by atoms with Gasteiger partial charge >= 0.3 is 0 Å². The van der Waals surface area contributed by atoms with Crippen molar-refractivity contribution < 1.29 is 22.7 Å². The van der Waals surface area contributed by atoms with E-state index in [2.05, 4.69) is 10.0 Å². The van der Waals surface area contributed by atoms with Crippen LogP contribution in [0.4, 0.5) is 5.69 Å². The van der Waals surface area contributed by atoms with Gasteiger partial charge in [-0.05, 0) is 18.6 Å². The largest absolute Gasteiger partial charge is 0.482 e. The van der Waals surface area contributed by atoms with Crippen LogP contribution in [0.5, 0.6) is 5.75 Å². The molecule has 1 heterocycles. The van der Waals surface area contributed by atoms with Crippen LogP contribution in [-0.4, -0.2) is 41.2 Å². The van der Waals surface area contributed by atoms with Crippen LogP contribution in [0.2, 0.25) is 0 Å². The van der Waals surface area contributed by atoms with Crippen LogP contribution >= 0.6 is 0 Å². The second-order valence-corrected chi connectivity index (χ2v) is 6.01. The molecular formula is C12H16N2O5S. The van der Waals surface area contributed by atoms with E-state index in [4.69, 9.17) is 9.47 Å². The lowest BCUT2D eigenvalue weighted by Crippen LogP contribution is -2.27. The van der Waals surface area contributed by atoms with Crippen LogP contribution < -0.4 is 14.8 Å². The summed E-state index contributed by atoms with van der Waals surface area (Å²) in [5.74, 6) is 0.0927. The fourth-order valence-corrected chi connectivity index (χ4v) is 2.82. The zero-order chi connectivity index (χ0) is 14.6. The third kappa shape index (κ3) is 3.47. The summed E-state index contributed by atoms with van der Waals surface area (Å²) in [5.41, 5.74) is 0.472. The fourth-order valence-electron chi connectivity index (χ4n) is 1.73. The van der Waals surface area contributed by atoms with E-state index < -0.39 is 10.0 Å². The first-order chi connectivity index (χ1) is 9.53. The van der Waals surface area contributed by atoms with Crippen molar-refractivity contribution in [1.82, 2.24) is 4.72 Å². The third-order valence-electron chi connectivity index (χ3n) is 2.71. The molecule has 20 heavy (non-hydrogen) atoms. The van der Waals surface area contributed by atoms with Crippen molar-refractivity contribution in [3.63, 3.8) is 0 Å². The van der Waals surface area contributed by atoms with Crippen molar-refractivity contribution in [3.05, 3.63) is 18.2 Å². The zero-order valence-corrected chi connectivity index (χ0v) is 11.8. The smallest absolute Gasteiger partial charge is 0.262 e. The Labute approximate surface area is 117 Å². The molecule has 0 bridgehead atoms. The van der Waals surface area contributed by atoms with Crippen molar-refractivity contribution in [2.45, 2.75) is 11.3 Å². The van der Waals surface area contributed by atoms with Gasteiger partial charge in [0.05, 0.1) is 10.6 Å². The fraction of sp³-hybridized carbons (Fsp3) is 0.417. The van der Waals surface area contributed by atoms with E-state index in [0.29, 0.717) is 31.0 Å². The van der Waals surface area contributed by atoms with Crippen LogP contribution in [0.25, 0.3) is 0 Å². The summed E-state index contributed by atoms with van der Waals surface area (Å²) in [7, 11) is -2.03. The van der Waals surface area contributed by atoms with Gasteiger partial charge in [0.15, 0.2) is 6.61 Å². The number of hydrogen-bond acceptors (Lipinski definition) is 5. The highest BCUT2D eigenvalue weighted by Gasteiger charge is 2.20. The van der Waals surface area contributed by atoms with Gasteiger partial charge in [-0.1, -0.05) is 0 Å². The van der Waals surface area contributed by atoms with Gasteiger partial charge in [0.2, 0.25) is 10.0 Å². The van der Waals surface area contributed by atoms with Gasteiger partial charge in [0.1, 0.15) is 5.75 Å². The summed E-state index contributed by atoms with van der Waals surface area (Å²) >= 11 is 0. The molecule has 7 nitrogen and oxygen atoms in total. The van der Waals surface area contributed by atoms with Gasteiger partial charge in [-0.15, -0.1) is 0 Å². The molecule has 0 fully saturated rings. The summed E-state index contributed by atoms with van der Waals surface area (Å²) in [5, 5.41) is 2.60. The molecule has 1 aliphatic rings. The number of rotatable bonds is 6. The average molecular weight is 300 g/mol. The first-order valence-electron chi connectivity index (χ1n) is 6.08. The van der Waals surface area contributed by atoms with E-state index in [1.807, 2.05) is 0 Å². The predicted molar refractivity (Wildman–Crippen MR) is 72.2 cm³/mol. The molecule has 1 aromatic carbocycles. The predicted octanol–water partition coefficient (Wildman–Crippen LogP) is 0.332. The Morgan fingerprint density at radius 3 is 3.00 bits per heavy atom. The Bertz CT molecular complexity index is 600. The number of ether oxygens (including phenoxy) is 2. The van der Waals surface area contributed by atoms with Gasteiger partial charge in [0.25, 0.3) is 5.91 Å². The number of methoxy groups -OCH3 is 1. The Kier molecular flexibility index (Phi) is 4.58. The number of sulfonamides is 1. The molecule has 2 rings (SSSR count). The minimum absolute atomic E-state index is 0.102. The molecule has 0 aromatic heterocycles. The topological polar surface area (TPSA) is 93.7 Å². The molecule has 0 unspecified atom stereocenters. The van der Waals surface area contributed by atoms with Gasteiger partial charge in [-0.25, -0.2) is 13.1 Å². The van der Waals surface area contributed by atoms with Crippen LogP contribution in [0.1, 0.15) is 6.42 Å². The maximum absolute atomic E-state index is 12.1. The number of amides is 1. The van der Waals surface area contributed by atoms with Crippen LogP contribution in [-0.2, 0) is 19.6 Å². The van der Waals surface area contributed by atoms with Crippen molar-refractivity contribution in [2.24, 2.45) is 0 Å². The van der Waals surface area contributed by atoms with E-state index in [1.165, 1.54) is 18.2 Å². The van der Waals surface area contributed by atoms with Crippen molar-refractivity contribution in [3.8, 4) is 5.75 Å². The van der Waals surface area contributed by atoms with Gasteiger partial charge in [-0.3, -0.25) is 4.79 Å². The molecule has 0 spiro atoms. The Morgan fingerprint density at radius 1 is 1.45 bits per heavy atom. The summed E-state index contributed by atoms with van der Waals surface area (Å²) < 4.78 is 36.6. The standard InChI is InChI=1S/C12H16N2O5S/c1-18-6-2-5-13-20(16,17)9-3-4-10-11(7-9)19-8-12(15)14-10/h3-4,7,13H,2,5-6,8H2,1H3,(H,14,15). The highest BCUT2D eigenvalue weighted by Crippen LogP contribution is 2.30. The lowest BCUT2D eigenvalue weighted by atomic mass is 10.2. The van der Waals surface area contributed by atoms with E-state index >= 15 is 0 Å². The maximum atomic E-state index is 12.1. The SMILES string of the molecule is COCCCNS(=O)(=O)c1ccc2c(c1)OCC(=O)N2. The van der Waals surface area contributed by atoms with Crippen molar-refractivity contribution in [1.29, 1.82) is 0 Å². The molecule has 1 aromatic rings. The number of nitrogens with one attached hydrogen (secondary N) is 2. The highest BCUT2D eigenvalue weighted by molar-refractivity contribution is 7.89. The van der Waals surface area contributed by atoms with Crippen LogP contribution in [0.15, 0.2) is 23.1 Å². The number of fused-ring (bicyclic) bond motifs is 1. The van der Waals surface area contributed by atoms with Crippen LogP contribution in [0, 0.1) is 0 Å². The average Bonchev–Trinajstić information content (AvgIpc) is 2.43. The molecule has 0 radical (unpaired) electrons. The molecule has 0 aliphatic carbocycles. The summed E-state index contributed by atoms with van der Waals surface area (Å²) in [6, 6.07) is 4.33. The van der Waals surface area contributed by atoms with E-state index in [9.17, 15) is 13.2 Å². The number of carbonyl (C=O) groups excluding carboxylic acids is 1. The molecule has 0 saturated carbocycles. The highest BCUT2D eigenvalue weighted by atomic mass is 32.2. The molecule has 110 valence electrons. The van der Waals surface area contributed by atoms with Crippen molar-refractivity contribution >= 4 is 21.6 Å². The first kappa shape index (κ1) is 14.8. The van der Waals surface area contributed by atoms with E-state index in [0.717, 1.165) is 0 Å². The van der Waals surface area contributed by atoms with Gasteiger partial charge in [0, 0.05) is 26.3 Å². The summed E-state index contributed by atoms with van der Waals surface area (Å²) in [6.45, 7) is 0.671. The monoisotopic (exact) mass is 300 g/mol. The summed E-state index contributed by atoms with van der Waals surface area (Å²) in [4.78, 5) is 11.2. The molecule has 0 saturated heterocycles. The van der Waals surface area contributed by atoms with Gasteiger partial charge in [-0.2, -0.15) is 0 Å². The minimum atomic E-state index is -3.59. The molecule has 1 aliphatic heterocycles. The normalized spacial score (nSPS) is 14.3. The molecular weight excluding hydrogens is 284 g/mol. The number of anilines is 1. The maximum Gasteiger partial charge on any atom is 0.262 e. The van der Waals surface area contributed by atoms with E-state index in [1.54, 1.807) is 7.11 Å². The van der Waals surface area contributed by atoms with E-state index in [-0.39, 0.29) is 17.4 Å². The molecule has 8 heteroatoms. The second kappa shape index (κ2) is 6.21. The number of hydrogen-bond donors (Lipinski definition) is 2. The summed E-state index contributed by atoms with van der Waals surface area (Å²) in [6.07, 6.45) is 0.591. The number of carbonyl (C=O) groups is 1. The van der Waals surface area contributed by atoms with Crippen LogP contribution in [0.3, 0.4) is 0 Å². The Morgan fingerprint density at radius 2 is 2.25 bits per heavy atom. The second-order valence-electron chi connectivity index (χ2n) is 4.24. The Hall–Kier alpha value is -1.64. The quantitative estimate of drug-likeness (QED) is 0.739. The van der Waals surface area contributed by atoms with Gasteiger partial charge < -0.3 is 14.8 Å². The molecule has 2 N–H and O–H groups in total. The van der Waals surface area contributed by atoms with Crippen molar-refractivity contribution in [2.75, 3.05) is 32.2 Å². The Balaban J connectivity index is 2.10.